The molecule has 1 saturated carbocycles. The van der Waals surface area contributed by atoms with E-state index in [0.717, 1.165) is 11.1 Å². The molecule has 0 aromatic heterocycles. The fraction of sp³-hybridized carbons (Fsp3) is 0.240. The van der Waals surface area contributed by atoms with Crippen molar-refractivity contribution < 1.29 is 14.4 Å². The summed E-state index contributed by atoms with van der Waals surface area (Å²) < 4.78 is 0. The standard InChI is InChI=1S/C25H23N3O3/c29-22-16-21(25(31)28(22)19-9-5-2-6-10-19)27-14-13-26-24(27)20-12-11-18(23(20)30)15-17-7-3-1-4-8-17/h1-10,15,21,26H,11-14,16H2/b18-15+,24-20?/t21-/m0/s1. The van der Waals surface area contributed by atoms with Gasteiger partial charge in [-0.2, -0.15) is 0 Å². The number of hydrogen-bond donors (Lipinski definition) is 1. The van der Waals surface area contributed by atoms with Crippen molar-refractivity contribution >= 4 is 29.4 Å². The molecule has 2 saturated heterocycles. The average molecular weight is 413 g/mol. The molecule has 1 aliphatic carbocycles. The Labute approximate surface area is 180 Å². The fourth-order valence-electron chi connectivity index (χ4n) is 4.60. The number of ketones is 1. The Balaban J connectivity index is 1.42. The van der Waals surface area contributed by atoms with E-state index in [-0.39, 0.29) is 24.0 Å². The summed E-state index contributed by atoms with van der Waals surface area (Å²) in [6.07, 6.45) is 3.37. The minimum Gasteiger partial charge on any atom is -0.370 e. The van der Waals surface area contributed by atoms with Gasteiger partial charge in [0.2, 0.25) is 5.91 Å². The van der Waals surface area contributed by atoms with Crippen molar-refractivity contribution in [2.45, 2.75) is 25.3 Å². The molecule has 3 fully saturated rings. The molecule has 2 amide bonds. The van der Waals surface area contributed by atoms with Gasteiger partial charge in [-0.25, -0.2) is 4.90 Å². The van der Waals surface area contributed by atoms with Gasteiger partial charge in [-0.1, -0.05) is 48.5 Å². The molecule has 31 heavy (non-hydrogen) atoms. The van der Waals surface area contributed by atoms with Crippen LogP contribution in [0.5, 0.6) is 0 Å². The minimum atomic E-state index is -0.583. The number of carbonyl (C=O) groups excluding carboxylic acids is 3. The highest BCUT2D eigenvalue weighted by atomic mass is 16.2. The lowest BCUT2D eigenvalue weighted by Gasteiger charge is -2.26. The molecule has 0 unspecified atom stereocenters. The molecule has 0 radical (unpaired) electrons. The molecular formula is C25H23N3O3. The van der Waals surface area contributed by atoms with Gasteiger partial charge < -0.3 is 10.2 Å². The van der Waals surface area contributed by atoms with E-state index in [1.165, 1.54) is 4.90 Å². The maximum atomic E-state index is 13.2. The van der Waals surface area contributed by atoms with Crippen molar-refractivity contribution in [2.75, 3.05) is 18.0 Å². The third-order valence-corrected chi connectivity index (χ3v) is 6.08. The molecule has 2 heterocycles. The molecule has 156 valence electrons. The zero-order chi connectivity index (χ0) is 21.4. The number of anilines is 1. The lowest BCUT2D eigenvalue weighted by atomic mass is 10.1. The van der Waals surface area contributed by atoms with E-state index < -0.39 is 6.04 Å². The Bertz CT molecular complexity index is 1110. The van der Waals surface area contributed by atoms with Crippen LogP contribution in [0.1, 0.15) is 24.8 Å². The van der Waals surface area contributed by atoms with Crippen LogP contribution in [0.15, 0.2) is 77.6 Å². The van der Waals surface area contributed by atoms with Crippen LogP contribution >= 0.6 is 0 Å². The topological polar surface area (TPSA) is 69.7 Å². The average Bonchev–Trinajstić information content (AvgIpc) is 3.47. The molecule has 2 aromatic rings. The van der Waals surface area contributed by atoms with Crippen LogP contribution in [-0.4, -0.2) is 41.6 Å². The predicted molar refractivity (Wildman–Crippen MR) is 118 cm³/mol. The molecule has 2 aromatic carbocycles. The Morgan fingerprint density at radius 1 is 0.903 bits per heavy atom. The molecular weight excluding hydrogens is 390 g/mol. The quantitative estimate of drug-likeness (QED) is 0.619. The van der Waals surface area contributed by atoms with E-state index in [0.29, 0.717) is 43.0 Å². The lowest BCUT2D eigenvalue weighted by molar-refractivity contribution is -0.122. The van der Waals surface area contributed by atoms with Gasteiger partial charge in [-0.15, -0.1) is 0 Å². The lowest BCUT2D eigenvalue weighted by Crippen LogP contribution is -2.41. The SMILES string of the molecule is O=C1C(=C2NCCN2[C@H]2CC(=O)N(c3ccccc3)C2=O)CC/C1=C\c1ccccc1. The van der Waals surface area contributed by atoms with Crippen molar-refractivity contribution in [1.82, 2.24) is 10.2 Å². The predicted octanol–water partition coefficient (Wildman–Crippen LogP) is 2.88. The Morgan fingerprint density at radius 2 is 1.61 bits per heavy atom. The minimum absolute atomic E-state index is 0.0231. The molecule has 0 bridgehead atoms. The summed E-state index contributed by atoms with van der Waals surface area (Å²) in [5.41, 5.74) is 3.08. The van der Waals surface area contributed by atoms with Crippen LogP contribution < -0.4 is 10.2 Å². The van der Waals surface area contributed by atoms with Crippen molar-refractivity contribution in [3.05, 3.63) is 83.2 Å². The summed E-state index contributed by atoms with van der Waals surface area (Å²) in [6, 6.07) is 18.2. The van der Waals surface area contributed by atoms with Crippen LogP contribution in [0.4, 0.5) is 5.69 Å². The van der Waals surface area contributed by atoms with Gasteiger partial charge in [-0.05, 0) is 36.6 Å². The number of hydrogen-bond acceptors (Lipinski definition) is 5. The summed E-state index contributed by atoms with van der Waals surface area (Å²) in [6.45, 7) is 1.24. The first-order chi connectivity index (χ1) is 15.1. The van der Waals surface area contributed by atoms with Crippen molar-refractivity contribution in [2.24, 2.45) is 0 Å². The third kappa shape index (κ3) is 3.44. The maximum Gasteiger partial charge on any atom is 0.257 e. The van der Waals surface area contributed by atoms with Crippen LogP contribution in [-0.2, 0) is 14.4 Å². The number of nitrogens with one attached hydrogen (secondary N) is 1. The van der Waals surface area contributed by atoms with E-state index in [1.54, 1.807) is 12.1 Å². The first-order valence-electron chi connectivity index (χ1n) is 10.6. The van der Waals surface area contributed by atoms with E-state index in [2.05, 4.69) is 5.32 Å². The van der Waals surface area contributed by atoms with Crippen molar-refractivity contribution in [1.29, 1.82) is 0 Å². The highest BCUT2D eigenvalue weighted by Gasteiger charge is 2.45. The van der Waals surface area contributed by atoms with Gasteiger partial charge in [0.05, 0.1) is 12.1 Å². The normalized spacial score (nSPS) is 25.1. The number of carbonyl (C=O) groups is 3. The number of para-hydroxylation sites is 1. The Kier molecular flexibility index (Phi) is 4.90. The third-order valence-electron chi connectivity index (χ3n) is 6.08. The number of imide groups is 1. The van der Waals surface area contributed by atoms with E-state index in [4.69, 9.17) is 0 Å². The first kappa shape index (κ1) is 19.3. The van der Waals surface area contributed by atoms with E-state index >= 15 is 0 Å². The monoisotopic (exact) mass is 413 g/mol. The van der Waals surface area contributed by atoms with Crippen molar-refractivity contribution in [3.8, 4) is 0 Å². The largest absolute Gasteiger partial charge is 0.370 e. The first-order valence-corrected chi connectivity index (χ1v) is 10.6. The van der Waals surface area contributed by atoms with Gasteiger partial charge in [-0.3, -0.25) is 14.4 Å². The second kappa shape index (κ2) is 7.87. The molecule has 1 atom stereocenters. The second-order valence-electron chi connectivity index (χ2n) is 7.98. The number of allylic oxidation sites excluding steroid dienone is 2. The molecule has 6 heteroatoms. The highest BCUT2D eigenvalue weighted by molar-refractivity contribution is 6.22. The smallest absolute Gasteiger partial charge is 0.257 e. The number of amides is 2. The zero-order valence-corrected chi connectivity index (χ0v) is 17.1. The fourth-order valence-corrected chi connectivity index (χ4v) is 4.60. The van der Waals surface area contributed by atoms with Crippen LogP contribution in [0.3, 0.4) is 0 Å². The molecule has 6 nitrogen and oxygen atoms in total. The van der Waals surface area contributed by atoms with Gasteiger partial charge in [0.1, 0.15) is 11.9 Å². The molecule has 2 aliphatic heterocycles. The molecule has 5 rings (SSSR count). The second-order valence-corrected chi connectivity index (χ2v) is 7.98. The molecule has 3 aliphatic rings. The molecule has 0 spiro atoms. The summed E-state index contributed by atoms with van der Waals surface area (Å²) in [4.78, 5) is 42.2. The number of nitrogens with zero attached hydrogens (tertiary/aromatic N) is 2. The van der Waals surface area contributed by atoms with Gasteiger partial charge in [0, 0.05) is 24.2 Å². The van der Waals surface area contributed by atoms with Gasteiger partial charge in [0.15, 0.2) is 5.78 Å². The summed E-state index contributed by atoms with van der Waals surface area (Å²) in [5.74, 6) is 0.292. The summed E-state index contributed by atoms with van der Waals surface area (Å²) in [5, 5.41) is 3.31. The summed E-state index contributed by atoms with van der Waals surface area (Å²) >= 11 is 0. The van der Waals surface area contributed by atoms with Crippen LogP contribution in [0, 0.1) is 0 Å². The molecule has 1 N–H and O–H groups in total. The number of Topliss-reactive ketones (excluding diaryl/α,β-unsaturated/α-hetero) is 1. The van der Waals surface area contributed by atoms with E-state index in [9.17, 15) is 14.4 Å². The van der Waals surface area contributed by atoms with E-state index in [1.807, 2.05) is 59.5 Å². The Morgan fingerprint density at radius 3 is 2.35 bits per heavy atom. The number of benzene rings is 2. The Hall–Kier alpha value is -3.67. The van der Waals surface area contributed by atoms with Crippen LogP contribution in [0.2, 0.25) is 0 Å². The number of rotatable bonds is 3. The van der Waals surface area contributed by atoms with Crippen molar-refractivity contribution in [3.63, 3.8) is 0 Å². The highest BCUT2D eigenvalue weighted by Crippen LogP contribution is 2.34. The van der Waals surface area contributed by atoms with Gasteiger partial charge in [0.25, 0.3) is 5.91 Å². The van der Waals surface area contributed by atoms with Gasteiger partial charge >= 0.3 is 0 Å². The summed E-state index contributed by atoms with van der Waals surface area (Å²) in [7, 11) is 0. The zero-order valence-electron chi connectivity index (χ0n) is 17.1. The van der Waals surface area contributed by atoms with Crippen LogP contribution in [0.25, 0.3) is 6.08 Å². The maximum absolute atomic E-state index is 13.2.